The Hall–Kier alpha value is -0.690. The third kappa shape index (κ3) is 3.91. The van der Waals surface area contributed by atoms with Gasteiger partial charge in [0.25, 0.3) is 0 Å². The van der Waals surface area contributed by atoms with Crippen molar-refractivity contribution in [3.63, 3.8) is 0 Å². The average molecular weight is 261 g/mol. The van der Waals surface area contributed by atoms with Gasteiger partial charge in [0.2, 0.25) is 5.91 Å². The van der Waals surface area contributed by atoms with Gasteiger partial charge in [-0.25, -0.2) is 0 Å². The molecule has 0 saturated carbocycles. The van der Waals surface area contributed by atoms with Crippen LogP contribution in [0, 0.1) is 0 Å². The zero-order valence-corrected chi connectivity index (χ0v) is 11.1. The second-order valence-corrected chi connectivity index (χ2v) is 4.64. The zero-order chi connectivity index (χ0) is 13.7. The Bertz CT molecular complexity index is 273. The maximum absolute atomic E-state index is 11.1. The van der Waals surface area contributed by atoms with Crippen LogP contribution in [0.15, 0.2) is 0 Å². The van der Waals surface area contributed by atoms with Gasteiger partial charge in [0.15, 0.2) is 6.29 Å². The van der Waals surface area contributed by atoms with Crippen molar-refractivity contribution in [2.24, 2.45) is 0 Å². The average Bonchev–Trinajstić information content (AvgIpc) is 2.29. The lowest BCUT2D eigenvalue weighted by Crippen LogP contribution is -2.63. The SMILES string of the molecule is CCCCO[C@@H]1[C@H](NC(C)=O)[C@@H](O)OC(C)[C@H]1O. The molecule has 1 aliphatic heterocycles. The first kappa shape index (κ1) is 15.4. The van der Waals surface area contributed by atoms with Gasteiger partial charge in [0, 0.05) is 13.5 Å². The van der Waals surface area contributed by atoms with Gasteiger partial charge in [-0.05, 0) is 13.3 Å². The summed E-state index contributed by atoms with van der Waals surface area (Å²) >= 11 is 0. The van der Waals surface area contributed by atoms with Crippen LogP contribution < -0.4 is 5.32 Å². The molecule has 18 heavy (non-hydrogen) atoms. The molecule has 3 N–H and O–H groups in total. The molecule has 0 spiro atoms. The number of rotatable bonds is 5. The Balaban J connectivity index is 2.69. The summed E-state index contributed by atoms with van der Waals surface area (Å²) in [5.41, 5.74) is 0. The van der Waals surface area contributed by atoms with Gasteiger partial charge in [0.05, 0.1) is 6.10 Å². The van der Waals surface area contributed by atoms with E-state index in [4.69, 9.17) is 9.47 Å². The molecule has 0 aromatic carbocycles. The number of ether oxygens (including phenoxy) is 2. The monoisotopic (exact) mass is 261 g/mol. The summed E-state index contributed by atoms with van der Waals surface area (Å²) in [7, 11) is 0. The Morgan fingerprint density at radius 2 is 2.11 bits per heavy atom. The van der Waals surface area contributed by atoms with Crippen LogP contribution in [0.1, 0.15) is 33.6 Å². The number of aliphatic hydroxyl groups excluding tert-OH is 2. The highest BCUT2D eigenvalue weighted by Crippen LogP contribution is 2.22. The van der Waals surface area contributed by atoms with Gasteiger partial charge in [-0.1, -0.05) is 13.3 Å². The van der Waals surface area contributed by atoms with Crippen LogP contribution >= 0.6 is 0 Å². The van der Waals surface area contributed by atoms with Gasteiger partial charge in [-0.15, -0.1) is 0 Å². The van der Waals surface area contributed by atoms with Crippen LogP contribution in [0.3, 0.4) is 0 Å². The molecule has 1 unspecified atom stereocenters. The number of carbonyl (C=O) groups excluding carboxylic acids is 1. The third-order valence-corrected chi connectivity index (χ3v) is 3.01. The molecule has 1 saturated heterocycles. The van der Waals surface area contributed by atoms with Crippen molar-refractivity contribution in [2.45, 2.75) is 64.3 Å². The van der Waals surface area contributed by atoms with E-state index in [0.717, 1.165) is 12.8 Å². The summed E-state index contributed by atoms with van der Waals surface area (Å²) in [4.78, 5) is 11.1. The van der Waals surface area contributed by atoms with E-state index >= 15 is 0 Å². The maximum atomic E-state index is 11.1. The first-order valence-corrected chi connectivity index (χ1v) is 6.37. The number of amides is 1. The number of unbranched alkanes of at least 4 members (excludes halogenated alkanes) is 1. The van der Waals surface area contributed by atoms with E-state index in [0.29, 0.717) is 6.61 Å². The van der Waals surface area contributed by atoms with Gasteiger partial charge >= 0.3 is 0 Å². The molecule has 1 aliphatic rings. The molecule has 0 aliphatic carbocycles. The fourth-order valence-electron chi connectivity index (χ4n) is 1.98. The van der Waals surface area contributed by atoms with Crippen molar-refractivity contribution in [2.75, 3.05) is 6.61 Å². The lowest BCUT2D eigenvalue weighted by atomic mass is 9.97. The van der Waals surface area contributed by atoms with E-state index in [1.54, 1.807) is 6.92 Å². The van der Waals surface area contributed by atoms with E-state index in [-0.39, 0.29) is 5.91 Å². The first-order valence-electron chi connectivity index (χ1n) is 6.37. The fourth-order valence-corrected chi connectivity index (χ4v) is 1.98. The molecule has 0 aromatic rings. The van der Waals surface area contributed by atoms with E-state index in [1.807, 2.05) is 6.92 Å². The maximum Gasteiger partial charge on any atom is 0.217 e. The molecule has 5 atom stereocenters. The molecule has 0 radical (unpaired) electrons. The van der Waals surface area contributed by atoms with Crippen molar-refractivity contribution in [1.29, 1.82) is 0 Å². The minimum absolute atomic E-state index is 0.298. The largest absolute Gasteiger partial charge is 0.388 e. The molecule has 0 bridgehead atoms. The van der Waals surface area contributed by atoms with Crippen LogP contribution in [0.5, 0.6) is 0 Å². The molecule has 6 heteroatoms. The molecular formula is C12H23NO5. The smallest absolute Gasteiger partial charge is 0.217 e. The second kappa shape index (κ2) is 7.04. The van der Waals surface area contributed by atoms with Gasteiger partial charge < -0.3 is 25.0 Å². The van der Waals surface area contributed by atoms with E-state index in [1.165, 1.54) is 6.92 Å². The van der Waals surface area contributed by atoms with Crippen LogP contribution in [0.25, 0.3) is 0 Å². The van der Waals surface area contributed by atoms with Crippen LogP contribution in [-0.4, -0.2) is 53.4 Å². The zero-order valence-electron chi connectivity index (χ0n) is 11.1. The number of carbonyl (C=O) groups is 1. The second-order valence-electron chi connectivity index (χ2n) is 4.64. The van der Waals surface area contributed by atoms with E-state index < -0.39 is 30.6 Å². The van der Waals surface area contributed by atoms with Crippen LogP contribution in [0.2, 0.25) is 0 Å². The van der Waals surface area contributed by atoms with Crippen molar-refractivity contribution in [3.8, 4) is 0 Å². The van der Waals surface area contributed by atoms with E-state index in [9.17, 15) is 15.0 Å². The van der Waals surface area contributed by atoms with Gasteiger partial charge in [-0.3, -0.25) is 4.79 Å². The van der Waals surface area contributed by atoms with Crippen molar-refractivity contribution < 1.29 is 24.5 Å². The third-order valence-electron chi connectivity index (χ3n) is 3.01. The first-order chi connectivity index (χ1) is 8.47. The number of nitrogens with one attached hydrogen (secondary N) is 1. The lowest BCUT2D eigenvalue weighted by molar-refractivity contribution is -0.251. The molecule has 106 valence electrons. The highest BCUT2D eigenvalue weighted by molar-refractivity contribution is 5.73. The molecule has 1 rings (SSSR count). The fraction of sp³-hybridized carbons (Fsp3) is 0.917. The summed E-state index contributed by atoms with van der Waals surface area (Å²) in [6.45, 7) is 5.52. The molecule has 6 nitrogen and oxygen atoms in total. The Morgan fingerprint density at radius 1 is 1.44 bits per heavy atom. The Labute approximate surface area is 107 Å². The summed E-state index contributed by atoms with van der Waals surface area (Å²) in [6, 6.07) is -0.745. The molecule has 1 heterocycles. The van der Waals surface area contributed by atoms with Crippen LogP contribution in [0.4, 0.5) is 0 Å². The molecular weight excluding hydrogens is 238 g/mol. The van der Waals surface area contributed by atoms with Gasteiger partial charge in [0.1, 0.15) is 18.2 Å². The summed E-state index contributed by atoms with van der Waals surface area (Å²) in [5, 5.41) is 22.4. The lowest BCUT2D eigenvalue weighted by Gasteiger charge is -2.41. The topological polar surface area (TPSA) is 88.0 Å². The molecule has 0 aromatic heterocycles. The highest BCUT2D eigenvalue weighted by atomic mass is 16.6. The molecule has 1 fully saturated rings. The Morgan fingerprint density at radius 3 is 2.67 bits per heavy atom. The van der Waals surface area contributed by atoms with Crippen molar-refractivity contribution >= 4 is 5.91 Å². The predicted octanol–water partition coefficient (Wildman–Crippen LogP) is -0.226. The van der Waals surface area contributed by atoms with E-state index in [2.05, 4.69) is 5.32 Å². The number of aliphatic hydroxyl groups is 2. The summed E-state index contributed by atoms with van der Waals surface area (Å²) in [5.74, 6) is -0.298. The highest BCUT2D eigenvalue weighted by Gasteiger charge is 2.44. The predicted molar refractivity (Wildman–Crippen MR) is 64.8 cm³/mol. The molecule has 1 amide bonds. The van der Waals surface area contributed by atoms with Crippen molar-refractivity contribution in [3.05, 3.63) is 0 Å². The van der Waals surface area contributed by atoms with Gasteiger partial charge in [-0.2, -0.15) is 0 Å². The summed E-state index contributed by atoms with van der Waals surface area (Å²) < 4.78 is 10.7. The summed E-state index contributed by atoms with van der Waals surface area (Å²) in [6.07, 6.45) is -1.39. The number of hydrogen-bond acceptors (Lipinski definition) is 5. The normalized spacial score (nSPS) is 36.4. The number of hydrogen-bond donors (Lipinski definition) is 3. The quantitative estimate of drug-likeness (QED) is 0.595. The van der Waals surface area contributed by atoms with Crippen LogP contribution in [-0.2, 0) is 14.3 Å². The van der Waals surface area contributed by atoms with Crippen molar-refractivity contribution in [1.82, 2.24) is 5.32 Å². The minimum atomic E-state index is -1.17. The Kier molecular flexibility index (Phi) is 6.01. The minimum Gasteiger partial charge on any atom is -0.388 e. The standard InChI is InChI=1S/C12H23NO5/c1-4-5-6-17-11-9(13-8(3)14)12(16)18-7(2)10(11)15/h7,9-12,15-16H,4-6H2,1-3H3,(H,13,14)/t7?,9-,10+,11+,12-/m0/s1.